The standard InChI is InChI=1S/C27H30FN5O4S/c1-16-4-2-5-17(14-16)11-12-33(27(36)24-21(29)22(25(30)34)32-38-24)23(18-7-9-19(28)10-8-18)26(35)31-15-20-6-3-13-37-20/h2,4-5,7-10,14,20,23H,3,6,11-13,15,29H2,1H3,(H2,30,34)(H,31,35)/t20-,23-/m1/s1. The molecule has 3 amide bonds. The zero-order chi connectivity index (χ0) is 27.2. The average Bonchev–Trinajstić information content (AvgIpc) is 3.55. The molecule has 2 aromatic carbocycles. The molecular weight excluding hydrogens is 509 g/mol. The Morgan fingerprint density at radius 1 is 1.24 bits per heavy atom. The molecule has 11 heteroatoms. The first-order valence-corrected chi connectivity index (χ1v) is 13.1. The van der Waals surface area contributed by atoms with E-state index in [1.165, 1.54) is 29.2 Å². The van der Waals surface area contributed by atoms with Crippen LogP contribution >= 0.6 is 11.5 Å². The van der Waals surface area contributed by atoms with Crippen LogP contribution in [0.15, 0.2) is 48.5 Å². The Bertz CT molecular complexity index is 1310. The molecule has 1 aliphatic rings. The van der Waals surface area contributed by atoms with E-state index in [0.29, 0.717) is 18.6 Å². The summed E-state index contributed by atoms with van der Waals surface area (Å²) in [5.41, 5.74) is 13.6. The van der Waals surface area contributed by atoms with Crippen molar-refractivity contribution in [1.82, 2.24) is 14.6 Å². The number of nitrogens with zero attached hydrogens (tertiary/aromatic N) is 2. The molecule has 4 rings (SSSR count). The Kier molecular flexibility index (Phi) is 8.70. The minimum absolute atomic E-state index is 0.00193. The SMILES string of the molecule is Cc1cccc(CCN(C(=O)c2snc(C(N)=O)c2N)[C@@H](C(=O)NC[C@H]2CCCO2)c2ccc(F)cc2)c1. The van der Waals surface area contributed by atoms with E-state index in [0.717, 1.165) is 35.5 Å². The van der Waals surface area contributed by atoms with Crippen LogP contribution in [0.1, 0.15) is 55.7 Å². The molecule has 1 fully saturated rings. The Balaban J connectivity index is 1.71. The molecule has 0 unspecified atom stereocenters. The first-order valence-electron chi connectivity index (χ1n) is 12.3. The molecule has 0 aliphatic carbocycles. The van der Waals surface area contributed by atoms with Crippen LogP contribution < -0.4 is 16.8 Å². The zero-order valence-corrected chi connectivity index (χ0v) is 21.8. The Morgan fingerprint density at radius 2 is 2.00 bits per heavy atom. The summed E-state index contributed by atoms with van der Waals surface area (Å²) >= 11 is 0.747. The molecule has 0 bridgehead atoms. The first kappa shape index (κ1) is 27.2. The Labute approximate surface area is 224 Å². The van der Waals surface area contributed by atoms with Gasteiger partial charge in [0.2, 0.25) is 5.91 Å². The van der Waals surface area contributed by atoms with Crippen LogP contribution in [0.2, 0.25) is 0 Å². The molecule has 9 nitrogen and oxygen atoms in total. The van der Waals surface area contributed by atoms with Gasteiger partial charge < -0.3 is 26.4 Å². The number of primary amides is 1. The van der Waals surface area contributed by atoms with Gasteiger partial charge >= 0.3 is 0 Å². The maximum absolute atomic E-state index is 13.9. The number of nitrogens with one attached hydrogen (secondary N) is 1. The largest absolute Gasteiger partial charge is 0.395 e. The lowest BCUT2D eigenvalue weighted by Crippen LogP contribution is -2.46. The van der Waals surface area contributed by atoms with Gasteiger partial charge in [0, 0.05) is 19.7 Å². The monoisotopic (exact) mass is 539 g/mol. The fourth-order valence-electron chi connectivity index (χ4n) is 4.46. The molecule has 0 spiro atoms. The molecule has 1 saturated heterocycles. The fourth-order valence-corrected chi connectivity index (χ4v) is 5.22. The maximum atomic E-state index is 13.9. The van der Waals surface area contributed by atoms with Gasteiger partial charge in [-0.05, 0) is 61.0 Å². The molecule has 200 valence electrons. The summed E-state index contributed by atoms with van der Waals surface area (Å²) in [4.78, 5) is 40.7. The second-order valence-electron chi connectivity index (χ2n) is 9.21. The van der Waals surface area contributed by atoms with Gasteiger partial charge in [-0.15, -0.1) is 0 Å². The lowest BCUT2D eigenvalue weighted by Gasteiger charge is -2.31. The Morgan fingerprint density at radius 3 is 2.63 bits per heavy atom. The maximum Gasteiger partial charge on any atom is 0.270 e. The molecule has 0 radical (unpaired) electrons. The number of halogens is 1. The number of amides is 3. The van der Waals surface area contributed by atoms with Gasteiger partial charge in [0.15, 0.2) is 5.69 Å². The molecule has 1 aliphatic heterocycles. The highest BCUT2D eigenvalue weighted by Gasteiger charge is 2.35. The van der Waals surface area contributed by atoms with Gasteiger partial charge in [-0.25, -0.2) is 4.39 Å². The van der Waals surface area contributed by atoms with Gasteiger partial charge in [0.1, 0.15) is 16.7 Å². The Hall–Kier alpha value is -3.83. The van der Waals surface area contributed by atoms with E-state index in [9.17, 15) is 18.8 Å². The van der Waals surface area contributed by atoms with Crippen molar-refractivity contribution in [2.75, 3.05) is 25.4 Å². The fraction of sp³-hybridized carbons (Fsp3) is 0.333. The van der Waals surface area contributed by atoms with E-state index in [1.54, 1.807) is 0 Å². The van der Waals surface area contributed by atoms with Crippen molar-refractivity contribution in [2.45, 2.75) is 38.3 Å². The van der Waals surface area contributed by atoms with E-state index >= 15 is 0 Å². The number of nitrogens with two attached hydrogens (primary N) is 2. The molecule has 1 aromatic heterocycles. The number of rotatable bonds is 10. The van der Waals surface area contributed by atoms with Crippen LogP contribution in [-0.2, 0) is 16.0 Å². The van der Waals surface area contributed by atoms with Crippen LogP contribution in [0.4, 0.5) is 10.1 Å². The van der Waals surface area contributed by atoms with Crippen molar-refractivity contribution in [3.05, 3.63) is 81.6 Å². The van der Waals surface area contributed by atoms with Crippen molar-refractivity contribution in [3.8, 4) is 0 Å². The van der Waals surface area contributed by atoms with Gasteiger partial charge in [-0.1, -0.05) is 42.0 Å². The normalized spacial score (nSPS) is 15.7. The van der Waals surface area contributed by atoms with Gasteiger partial charge in [-0.2, -0.15) is 4.37 Å². The van der Waals surface area contributed by atoms with E-state index in [1.807, 2.05) is 31.2 Å². The zero-order valence-electron chi connectivity index (χ0n) is 21.0. The summed E-state index contributed by atoms with van der Waals surface area (Å²) in [5, 5.41) is 2.90. The van der Waals surface area contributed by atoms with Crippen molar-refractivity contribution >= 4 is 34.9 Å². The number of carbonyl (C=O) groups excluding carboxylic acids is 3. The molecule has 3 aromatic rings. The number of aryl methyl sites for hydroxylation is 1. The van der Waals surface area contributed by atoms with Crippen LogP contribution in [0, 0.1) is 12.7 Å². The second kappa shape index (κ2) is 12.1. The number of hydrogen-bond acceptors (Lipinski definition) is 7. The van der Waals surface area contributed by atoms with Crippen LogP contribution in [-0.4, -0.2) is 52.8 Å². The smallest absolute Gasteiger partial charge is 0.270 e. The van der Waals surface area contributed by atoms with Gasteiger partial charge in [-0.3, -0.25) is 14.4 Å². The average molecular weight is 540 g/mol. The van der Waals surface area contributed by atoms with Crippen LogP contribution in [0.25, 0.3) is 0 Å². The number of anilines is 1. The second-order valence-corrected chi connectivity index (χ2v) is 9.98. The summed E-state index contributed by atoms with van der Waals surface area (Å²) in [6.07, 6.45) is 2.06. The predicted molar refractivity (Wildman–Crippen MR) is 142 cm³/mol. The van der Waals surface area contributed by atoms with Crippen LogP contribution in [0.3, 0.4) is 0 Å². The quantitative estimate of drug-likeness (QED) is 0.362. The number of aromatic nitrogens is 1. The first-order chi connectivity index (χ1) is 18.2. The minimum Gasteiger partial charge on any atom is -0.395 e. The van der Waals surface area contributed by atoms with E-state index < -0.39 is 29.6 Å². The number of hydrogen-bond donors (Lipinski definition) is 3. The molecule has 2 heterocycles. The predicted octanol–water partition coefficient (Wildman–Crippen LogP) is 2.99. The number of nitrogen functional groups attached to an aromatic ring is 1. The van der Waals surface area contributed by atoms with Gasteiger partial charge in [0.25, 0.3) is 11.8 Å². The summed E-state index contributed by atoms with van der Waals surface area (Å²) in [6, 6.07) is 12.2. The minimum atomic E-state index is -1.10. The number of carbonyl (C=O) groups is 3. The molecule has 5 N–H and O–H groups in total. The lowest BCUT2D eigenvalue weighted by molar-refractivity contribution is -0.126. The molecule has 2 atom stereocenters. The molecular formula is C27H30FN5O4S. The summed E-state index contributed by atoms with van der Waals surface area (Å²) in [6.45, 7) is 3.03. The summed E-state index contributed by atoms with van der Waals surface area (Å²) in [7, 11) is 0. The third-order valence-corrected chi connectivity index (χ3v) is 7.27. The third kappa shape index (κ3) is 6.35. The molecule has 0 saturated carbocycles. The third-order valence-electron chi connectivity index (χ3n) is 6.41. The van der Waals surface area contributed by atoms with Gasteiger partial charge in [0.05, 0.1) is 11.8 Å². The van der Waals surface area contributed by atoms with Crippen molar-refractivity contribution < 1.29 is 23.5 Å². The summed E-state index contributed by atoms with van der Waals surface area (Å²) < 4.78 is 23.4. The highest BCUT2D eigenvalue weighted by molar-refractivity contribution is 7.09. The number of benzene rings is 2. The highest BCUT2D eigenvalue weighted by atomic mass is 32.1. The van der Waals surface area contributed by atoms with E-state index in [2.05, 4.69) is 9.69 Å². The highest BCUT2D eigenvalue weighted by Crippen LogP contribution is 2.29. The van der Waals surface area contributed by atoms with Crippen molar-refractivity contribution in [3.63, 3.8) is 0 Å². The number of ether oxygens (including phenoxy) is 1. The van der Waals surface area contributed by atoms with Crippen molar-refractivity contribution in [2.24, 2.45) is 5.73 Å². The van der Waals surface area contributed by atoms with Crippen molar-refractivity contribution in [1.29, 1.82) is 0 Å². The molecule has 38 heavy (non-hydrogen) atoms. The lowest BCUT2D eigenvalue weighted by atomic mass is 10.0. The summed E-state index contributed by atoms with van der Waals surface area (Å²) in [5.74, 6) is -2.35. The van der Waals surface area contributed by atoms with Crippen LogP contribution in [0.5, 0.6) is 0 Å². The van der Waals surface area contributed by atoms with E-state index in [4.69, 9.17) is 16.2 Å². The van der Waals surface area contributed by atoms with E-state index in [-0.39, 0.29) is 35.5 Å². The topological polar surface area (TPSA) is 141 Å².